The van der Waals surface area contributed by atoms with E-state index in [9.17, 15) is 29.4 Å². The minimum Gasteiger partial charge on any atom is -0.480 e. The summed E-state index contributed by atoms with van der Waals surface area (Å²) in [7, 11) is 0. The summed E-state index contributed by atoms with van der Waals surface area (Å²) in [6.07, 6.45) is 7.65. The van der Waals surface area contributed by atoms with E-state index in [4.69, 9.17) is 4.74 Å². The summed E-state index contributed by atoms with van der Waals surface area (Å²) < 4.78 is 8.97. The molecule has 13 heteroatoms. The topological polar surface area (TPSA) is 152 Å². The van der Waals surface area contributed by atoms with Crippen LogP contribution in [0.15, 0.2) is 98.5 Å². The predicted octanol–water partition coefficient (Wildman–Crippen LogP) is 7.74. The molecule has 2 aliphatic heterocycles. The predicted molar refractivity (Wildman–Crippen MR) is 255 cm³/mol. The third-order valence-electron chi connectivity index (χ3n) is 12.9. The minimum absolute atomic E-state index is 0.0373. The number of thioether (sulfide) groups is 2. The van der Waals surface area contributed by atoms with Crippen molar-refractivity contribution in [1.82, 2.24) is 19.8 Å². The molecule has 64 heavy (non-hydrogen) atoms. The number of carbonyl (C=O) groups excluding carboxylic acids is 1. The highest BCUT2D eigenvalue weighted by Crippen LogP contribution is 2.50. The van der Waals surface area contributed by atoms with Crippen molar-refractivity contribution in [3.63, 3.8) is 0 Å². The number of carboxylic acids is 1. The van der Waals surface area contributed by atoms with E-state index in [1.165, 1.54) is 54.9 Å². The van der Waals surface area contributed by atoms with E-state index in [-0.39, 0.29) is 42.4 Å². The molecule has 4 heterocycles. The molecule has 0 amide bonds. The van der Waals surface area contributed by atoms with Gasteiger partial charge in [0.1, 0.15) is 18.7 Å². The molecule has 2 aromatic heterocycles. The van der Waals surface area contributed by atoms with Crippen LogP contribution >= 0.6 is 23.5 Å². The normalized spacial score (nSPS) is 18.5. The summed E-state index contributed by atoms with van der Waals surface area (Å²) in [5, 5.41) is 29.7. The highest BCUT2D eigenvalue weighted by molar-refractivity contribution is 7.99. The lowest BCUT2D eigenvalue weighted by Gasteiger charge is -2.21. The number of carboxylic acid groups (broad SMARTS) is 1. The Morgan fingerprint density at radius 3 is 1.92 bits per heavy atom. The number of aliphatic hydroxyl groups excluding tert-OH is 1. The van der Waals surface area contributed by atoms with Gasteiger partial charge in [-0.1, -0.05) is 86.1 Å². The Kier molecular flexibility index (Phi) is 14.8. The molecular formula is C51H60N4O7S2. The zero-order valence-electron chi connectivity index (χ0n) is 37.0. The van der Waals surface area contributed by atoms with E-state index in [0.717, 1.165) is 79.2 Å². The van der Waals surface area contributed by atoms with E-state index >= 15 is 0 Å². The van der Waals surface area contributed by atoms with Crippen LogP contribution in [0.4, 0.5) is 0 Å². The van der Waals surface area contributed by atoms with Crippen LogP contribution in [0.2, 0.25) is 0 Å². The van der Waals surface area contributed by atoms with Crippen LogP contribution < -0.4 is 21.8 Å². The number of hydrogen-bond donors (Lipinski definition) is 4. The van der Waals surface area contributed by atoms with Crippen molar-refractivity contribution in [3.05, 3.63) is 139 Å². The molecule has 2 fully saturated rings. The summed E-state index contributed by atoms with van der Waals surface area (Å²) in [5.74, 6) is 0.650. The number of benzene rings is 3. The molecule has 0 spiro atoms. The zero-order chi connectivity index (χ0) is 44.9. The quantitative estimate of drug-likeness (QED) is 0.0505. The van der Waals surface area contributed by atoms with Gasteiger partial charge in [0.15, 0.2) is 0 Å². The fourth-order valence-corrected chi connectivity index (χ4v) is 12.0. The largest absolute Gasteiger partial charge is 0.480 e. The van der Waals surface area contributed by atoms with Gasteiger partial charge in [-0.25, -0.2) is 9.59 Å². The minimum atomic E-state index is -0.920. The average Bonchev–Trinajstić information content (AvgIpc) is 4.22. The molecular weight excluding hydrogens is 845 g/mol. The molecule has 9 rings (SSSR count). The second kappa shape index (κ2) is 20.7. The van der Waals surface area contributed by atoms with E-state index < -0.39 is 18.1 Å². The van der Waals surface area contributed by atoms with Crippen LogP contribution in [0.3, 0.4) is 0 Å². The maximum absolute atomic E-state index is 13.5. The van der Waals surface area contributed by atoms with Crippen molar-refractivity contribution < 1.29 is 24.5 Å². The number of rotatable bonds is 18. The second-order valence-corrected chi connectivity index (χ2v) is 19.7. The van der Waals surface area contributed by atoms with Gasteiger partial charge < -0.3 is 25.6 Å². The summed E-state index contributed by atoms with van der Waals surface area (Å²) in [4.78, 5) is 50.7. The summed E-state index contributed by atoms with van der Waals surface area (Å²) in [5.41, 5.74) is 7.94. The van der Waals surface area contributed by atoms with E-state index in [1.807, 2.05) is 13.0 Å². The van der Waals surface area contributed by atoms with Gasteiger partial charge in [-0.05, 0) is 114 Å². The standard InChI is InChI=1S/C32H41N3O4S.C19H19NO3S/c1-3-25(18-36)33-14-15-34-26(4-2)19-39-32(38)28-20-40-31-30(22-12-13-22)24(17-29(37)35(28)31)16-23-10-7-9-21-8-5-6-11-27(21)23;1-11-3-2-4-12(7-11)8-14-9-16(21)20-15(19(22)23)10-24-18(20)17(14)13-5-6-13/h5-11,17,22,25-26,28,33-34,36H,3-4,12-16,18-20H2,1-2H3;2-4,7,9,13,15H,5-6,8,10H2,1H3,(H,22,23)/t;15-/m.0/s1. The number of pyridine rings is 2. The lowest BCUT2D eigenvalue weighted by molar-refractivity contribution is -0.148. The maximum Gasteiger partial charge on any atom is 0.330 e. The van der Waals surface area contributed by atoms with Crippen LogP contribution in [-0.2, 0) is 27.2 Å². The number of ether oxygens (including phenoxy) is 1. The van der Waals surface area contributed by atoms with Crippen molar-refractivity contribution in [2.75, 3.05) is 37.8 Å². The van der Waals surface area contributed by atoms with Crippen LogP contribution in [0, 0.1) is 6.92 Å². The average molecular weight is 905 g/mol. The first-order valence-electron chi connectivity index (χ1n) is 22.9. The van der Waals surface area contributed by atoms with Gasteiger partial charge in [0, 0.05) is 48.8 Å². The summed E-state index contributed by atoms with van der Waals surface area (Å²) in [6.45, 7) is 8.02. The molecule has 11 nitrogen and oxygen atoms in total. The molecule has 2 aliphatic carbocycles. The molecule has 5 aromatic rings. The molecule has 0 saturated heterocycles. The van der Waals surface area contributed by atoms with Gasteiger partial charge in [0.05, 0.1) is 16.7 Å². The molecule has 2 saturated carbocycles. The monoisotopic (exact) mass is 904 g/mol. The van der Waals surface area contributed by atoms with E-state index in [2.05, 4.69) is 85.1 Å². The van der Waals surface area contributed by atoms with Gasteiger partial charge in [-0.2, -0.15) is 0 Å². The Balaban J connectivity index is 0.000000198. The van der Waals surface area contributed by atoms with Crippen molar-refractivity contribution in [1.29, 1.82) is 0 Å². The van der Waals surface area contributed by atoms with E-state index in [0.29, 0.717) is 29.8 Å². The third-order valence-corrected chi connectivity index (χ3v) is 15.3. The number of nitrogens with one attached hydrogen (secondary N) is 2. The maximum atomic E-state index is 13.5. The Bertz CT molecular complexity index is 2610. The Morgan fingerprint density at radius 2 is 1.31 bits per heavy atom. The van der Waals surface area contributed by atoms with Crippen molar-refractivity contribution >= 4 is 46.2 Å². The number of hydrogen-bond acceptors (Lipinski definition) is 10. The number of aliphatic carboxylic acids is 1. The van der Waals surface area contributed by atoms with Gasteiger partial charge in [-0.3, -0.25) is 18.7 Å². The fraction of sp³-hybridized carbons (Fsp3) is 0.451. The molecule has 0 radical (unpaired) electrons. The first-order valence-corrected chi connectivity index (χ1v) is 24.9. The number of carbonyl (C=O) groups is 2. The number of fused-ring (bicyclic) bond motifs is 3. The highest BCUT2D eigenvalue weighted by atomic mass is 32.2. The van der Waals surface area contributed by atoms with Crippen LogP contribution in [-0.4, -0.2) is 81.2 Å². The SMILES string of the molecule is CCC(CO)NCCNC(CC)COC(=O)C1CSc2c(C3CC3)c(Cc3cccc4ccccc34)cc(=O)n21.Cc1cccc(Cc2cc(=O)n3c(c2C2CC2)SC[C@H]3C(=O)O)c1. The number of aliphatic hydroxyl groups is 1. The first kappa shape index (κ1) is 45.9. The lowest BCUT2D eigenvalue weighted by atomic mass is 9.95. The molecule has 3 unspecified atom stereocenters. The third kappa shape index (κ3) is 10.4. The summed E-state index contributed by atoms with van der Waals surface area (Å²) in [6, 6.07) is 25.3. The fourth-order valence-electron chi connectivity index (χ4n) is 9.13. The lowest BCUT2D eigenvalue weighted by Crippen LogP contribution is -2.42. The molecule has 4 N–H and O–H groups in total. The van der Waals surface area contributed by atoms with Crippen LogP contribution in [0.1, 0.15) is 115 Å². The van der Waals surface area contributed by atoms with Gasteiger partial charge in [0.25, 0.3) is 11.1 Å². The molecule has 4 atom stereocenters. The highest BCUT2D eigenvalue weighted by Gasteiger charge is 2.39. The Morgan fingerprint density at radius 1 is 0.734 bits per heavy atom. The van der Waals surface area contributed by atoms with Gasteiger partial charge in [0.2, 0.25) is 0 Å². The van der Waals surface area contributed by atoms with E-state index in [1.54, 1.807) is 28.5 Å². The summed E-state index contributed by atoms with van der Waals surface area (Å²) >= 11 is 3.15. The molecule has 0 bridgehead atoms. The van der Waals surface area contributed by atoms with Gasteiger partial charge >= 0.3 is 11.9 Å². The van der Waals surface area contributed by atoms with Crippen LogP contribution in [0.25, 0.3) is 10.8 Å². The second-order valence-electron chi connectivity index (χ2n) is 17.6. The van der Waals surface area contributed by atoms with Crippen molar-refractivity contribution in [3.8, 4) is 0 Å². The number of aromatic nitrogens is 2. The Hall–Kier alpha value is -4.66. The zero-order valence-corrected chi connectivity index (χ0v) is 38.6. The smallest absolute Gasteiger partial charge is 0.330 e. The van der Waals surface area contributed by atoms with Gasteiger partial charge in [-0.15, -0.1) is 23.5 Å². The number of esters is 1. The molecule has 3 aromatic carbocycles. The van der Waals surface area contributed by atoms with Crippen LogP contribution in [0.5, 0.6) is 0 Å². The number of nitrogens with zero attached hydrogens (tertiary/aromatic N) is 2. The van der Waals surface area contributed by atoms with Crippen molar-refractivity contribution in [2.45, 2.75) is 118 Å². The molecule has 338 valence electrons. The number of aryl methyl sites for hydroxylation is 1. The van der Waals surface area contributed by atoms with Crippen molar-refractivity contribution in [2.24, 2.45) is 0 Å². The Labute approximate surface area is 383 Å². The molecule has 4 aliphatic rings. The first-order chi connectivity index (χ1) is 31.1.